The molecule has 2 aromatic carbocycles. The normalized spacial score (nSPS) is 10.4. The molecule has 0 aliphatic heterocycles. The van der Waals surface area contributed by atoms with E-state index in [4.69, 9.17) is 0 Å². The Balaban J connectivity index is 1.84. The Kier molecular flexibility index (Phi) is 5.64. The number of nitrogens with one attached hydrogen (secondary N) is 1. The fourth-order valence-corrected chi connectivity index (χ4v) is 2.76. The van der Waals surface area contributed by atoms with Crippen LogP contribution in [0.1, 0.15) is 26.3 Å². The summed E-state index contributed by atoms with van der Waals surface area (Å²) in [4.78, 5) is 29.9. The number of carboxylic acid groups (broad SMARTS) is 1. The van der Waals surface area contributed by atoms with Gasteiger partial charge in [0.1, 0.15) is 17.2 Å². The molecular weight excluding hydrogens is 361 g/mol. The van der Waals surface area contributed by atoms with Crippen LogP contribution in [0.4, 0.5) is 15.9 Å². The highest BCUT2D eigenvalue weighted by molar-refractivity contribution is 6.05. The smallest absolute Gasteiger partial charge is 0.339 e. The van der Waals surface area contributed by atoms with Crippen molar-refractivity contribution in [3.63, 3.8) is 0 Å². The Morgan fingerprint density at radius 3 is 2.43 bits per heavy atom. The molecule has 1 amide bonds. The van der Waals surface area contributed by atoms with E-state index in [1.54, 1.807) is 18.0 Å². The Labute approximate surface area is 161 Å². The molecule has 28 heavy (non-hydrogen) atoms. The predicted molar refractivity (Wildman–Crippen MR) is 104 cm³/mol. The van der Waals surface area contributed by atoms with E-state index in [1.807, 2.05) is 30.3 Å². The molecule has 1 heterocycles. The minimum absolute atomic E-state index is 0.0650. The summed E-state index contributed by atoms with van der Waals surface area (Å²) in [5, 5.41) is 12.0. The van der Waals surface area contributed by atoms with Gasteiger partial charge in [-0.3, -0.25) is 4.79 Å². The molecule has 0 fully saturated rings. The molecule has 142 valence electrons. The van der Waals surface area contributed by atoms with Crippen LogP contribution in [-0.4, -0.2) is 29.0 Å². The van der Waals surface area contributed by atoms with E-state index >= 15 is 0 Å². The second-order valence-corrected chi connectivity index (χ2v) is 6.18. The first kappa shape index (κ1) is 19.0. The number of hydrogen-bond donors (Lipinski definition) is 2. The van der Waals surface area contributed by atoms with Gasteiger partial charge in [0.15, 0.2) is 0 Å². The third kappa shape index (κ3) is 4.32. The summed E-state index contributed by atoms with van der Waals surface area (Å²) in [6.45, 7) is 0.467. The number of aromatic carboxylic acids is 1. The molecular formula is C21H18FN3O3. The maximum atomic E-state index is 13.8. The van der Waals surface area contributed by atoms with Gasteiger partial charge in [0.05, 0.1) is 17.4 Å². The summed E-state index contributed by atoms with van der Waals surface area (Å²) in [6.07, 6.45) is 1.35. The fourth-order valence-electron chi connectivity index (χ4n) is 2.76. The van der Waals surface area contributed by atoms with Crippen LogP contribution in [-0.2, 0) is 6.54 Å². The number of carbonyl (C=O) groups excluding carboxylic acids is 1. The van der Waals surface area contributed by atoms with Crippen LogP contribution in [0.25, 0.3) is 0 Å². The number of anilines is 2. The van der Waals surface area contributed by atoms with Gasteiger partial charge in [0.2, 0.25) is 0 Å². The number of nitrogens with zero attached hydrogens (tertiary/aromatic N) is 2. The summed E-state index contributed by atoms with van der Waals surface area (Å²) in [5.41, 5.74) is 0.969. The zero-order valence-corrected chi connectivity index (χ0v) is 15.1. The number of carboxylic acids is 1. The van der Waals surface area contributed by atoms with E-state index in [1.165, 1.54) is 30.5 Å². The van der Waals surface area contributed by atoms with Crippen molar-refractivity contribution >= 4 is 23.4 Å². The van der Waals surface area contributed by atoms with Gasteiger partial charge in [-0.15, -0.1) is 0 Å². The van der Waals surface area contributed by atoms with Gasteiger partial charge in [-0.25, -0.2) is 14.2 Å². The summed E-state index contributed by atoms with van der Waals surface area (Å²) >= 11 is 0. The molecule has 6 nitrogen and oxygen atoms in total. The van der Waals surface area contributed by atoms with Crippen LogP contribution in [0, 0.1) is 5.82 Å². The molecule has 0 saturated carbocycles. The molecule has 0 unspecified atom stereocenters. The SMILES string of the molecule is CN(Cc1ccccc1)c1ncc(NC(=O)c2ccccc2F)cc1C(=O)O. The molecule has 3 aromatic rings. The summed E-state index contributed by atoms with van der Waals surface area (Å²) < 4.78 is 13.8. The molecule has 0 saturated heterocycles. The molecule has 0 aliphatic carbocycles. The average molecular weight is 379 g/mol. The number of halogens is 1. The van der Waals surface area contributed by atoms with E-state index in [9.17, 15) is 19.1 Å². The van der Waals surface area contributed by atoms with Crippen molar-refractivity contribution in [1.82, 2.24) is 4.98 Å². The van der Waals surface area contributed by atoms with Crippen molar-refractivity contribution in [3.8, 4) is 0 Å². The van der Waals surface area contributed by atoms with Gasteiger partial charge in [-0.2, -0.15) is 0 Å². The number of benzene rings is 2. The molecule has 1 aromatic heterocycles. The lowest BCUT2D eigenvalue weighted by molar-refractivity contribution is 0.0696. The zero-order chi connectivity index (χ0) is 20.1. The fraction of sp³-hybridized carbons (Fsp3) is 0.0952. The van der Waals surface area contributed by atoms with Gasteiger partial charge in [0, 0.05) is 13.6 Å². The molecule has 0 radical (unpaired) electrons. The molecule has 7 heteroatoms. The van der Waals surface area contributed by atoms with Crippen molar-refractivity contribution in [1.29, 1.82) is 0 Å². The van der Waals surface area contributed by atoms with E-state index < -0.39 is 17.7 Å². The van der Waals surface area contributed by atoms with Crippen LogP contribution < -0.4 is 10.2 Å². The predicted octanol–water partition coefficient (Wildman–Crippen LogP) is 3.81. The van der Waals surface area contributed by atoms with E-state index in [-0.39, 0.29) is 22.6 Å². The lowest BCUT2D eigenvalue weighted by atomic mass is 10.1. The molecule has 2 N–H and O–H groups in total. The van der Waals surface area contributed by atoms with Gasteiger partial charge in [-0.1, -0.05) is 42.5 Å². The zero-order valence-electron chi connectivity index (χ0n) is 15.1. The highest BCUT2D eigenvalue weighted by Gasteiger charge is 2.18. The van der Waals surface area contributed by atoms with Crippen LogP contribution in [0.5, 0.6) is 0 Å². The van der Waals surface area contributed by atoms with Crippen molar-refractivity contribution in [3.05, 3.63) is 89.4 Å². The van der Waals surface area contributed by atoms with Gasteiger partial charge in [0.25, 0.3) is 5.91 Å². The summed E-state index contributed by atoms with van der Waals surface area (Å²) in [5.74, 6) is -2.25. The molecule has 0 atom stereocenters. The standard InChI is InChI=1S/C21H18FN3O3/c1-25(13-14-7-3-2-4-8-14)19-17(21(27)28)11-15(12-23-19)24-20(26)16-9-5-6-10-18(16)22/h2-12H,13H2,1H3,(H,24,26)(H,27,28). The monoisotopic (exact) mass is 379 g/mol. The van der Waals surface area contributed by atoms with Crippen molar-refractivity contribution in [2.45, 2.75) is 6.54 Å². The van der Waals surface area contributed by atoms with Gasteiger partial charge < -0.3 is 15.3 Å². The Hall–Kier alpha value is -3.74. The van der Waals surface area contributed by atoms with Crippen molar-refractivity contribution in [2.24, 2.45) is 0 Å². The number of aromatic nitrogens is 1. The van der Waals surface area contributed by atoms with E-state index in [2.05, 4.69) is 10.3 Å². The summed E-state index contributed by atoms with van der Waals surface area (Å²) in [7, 11) is 1.74. The number of amides is 1. The first-order valence-electron chi connectivity index (χ1n) is 8.50. The largest absolute Gasteiger partial charge is 0.478 e. The lowest BCUT2D eigenvalue weighted by Gasteiger charge is -2.20. The maximum Gasteiger partial charge on any atom is 0.339 e. The van der Waals surface area contributed by atoms with Crippen LogP contribution >= 0.6 is 0 Å². The molecule has 0 spiro atoms. The van der Waals surface area contributed by atoms with Gasteiger partial charge in [-0.05, 0) is 23.8 Å². The Morgan fingerprint density at radius 1 is 1.07 bits per heavy atom. The minimum atomic E-state index is -1.18. The van der Waals surface area contributed by atoms with Crippen LogP contribution in [0.2, 0.25) is 0 Å². The minimum Gasteiger partial charge on any atom is -0.478 e. The first-order chi connectivity index (χ1) is 13.5. The second kappa shape index (κ2) is 8.30. The number of pyridine rings is 1. The Bertz CT molecular complexity index is 1010. The topological polar surface area (TPSA) is 82.5 Å². The van der Waals surface area contributed by atoms with E-state index in [0.29, 0.717) is 6.54 Å². The molecule has 3 rings (SSSR count). The first-order valence-corrected chi connectivity index (χ1v) is 8.50. The lowest BCUT2D eigenvalue weighted by Crippen LogP contribution is -2.21. The van der Waals surface area contributed by atoms with Gasteiger partial charge >= 0.3 is 5.97 Å². The number of hydrogen-bond acceptors (Lipinski definition) is 4. The highest BCUT2D eigenvalue weighted by atomic mass is 19.1. The summed E-state index contributed by atoms with van der Waals surface area (Å²) in [6, 6.07) is 16.4. The molecule has 0 bridgehead atoms. The third-order valence-electron chi connectivity index (χ3n) is 4.10. The number of carbonyl (C=O) groups is 2. The van der Waals surface area contributed by atoms with Crippen molar-refractivity contribution < 1.29 is 19.1 Å². The number of rotatable bonds is 6. The third-order valence-corrected chi connectivity index (χ3v) is 4.10. The van der Waals surface area contributed by atoms with E-state index in [0.717, 1.165) is 5.56 Å². The van der Waals surface area contributed by atoms with Crippen LogP contribution in [0.3, 0.4) is 0 Å². The maximum absolute atomic E-state index is 13.8. The molecule has 0 aliphatic rings. The van der Waals surface area contributed by atoms with Crippen molar-refractivity contribution in [2.75, 3.05) is 17.3 Å². The second-order valence-electron chi connectivity index (χ2n) is 6.18. The Morgan fingerprint density at radius 2 is 1.75 bits per heavy atom. The quantitative estimate of drug-likeness (QED) is 0.681. The average Bonchev–Trinajstić information content (AvgIpc) is 2.69. The van der Waals surface area contributed by atoms with Crippen LogP contribution in [0.15, 0.2) is 66.9 Å². The highest BCUT2D eigenvalue weighted by Crippen LogP contribution is 2.23.